The van der Waals surface area contributed by atoms with Gasteiger partial charge in [-0.3, -0.25) is 10.1 Å². The van der Waals surface area contributed by atoms with E-state index in [0.717, 1.165) is 11.1 Å². The second kappa shape index (κ2) is 6.51. The molecule has 0 atom stereocenters. The maximum absolute atomic E-state index is 11.0. The Morgan fingerprint density at radius 2 is 2.19 bits per heavy atom. The van der Waals surface area contributed by atoms with Crippen molar-refractivity contribution in [3.63, 3.8) is 0 Å². The first kappa shape index (κ1) is 15.2. The third-order valence-electron chi connectivity index (χ3n) is 2.79. The number of benzene rings is 1. The summed E-state index contributed by atoms with van der Waals surface area (Å²) < 4.78 is 5.56. The zero-order chi connectivity index (χ0) is 15.4. The molecule has 0 saturated heterocycles. The molecule has 0 amide bonds. The second-order valence-corrected chi connectivity index (χ2v) is 4.90. The minimum Gasteiger partial charge on any atom is -0.431 e. The van der Waals surface area contributed by atoms with Crippen molar-refractivity contribution in [2.45, 2.75) is 13.5 Å². The summed E-state index contributed by atoms with van der Waals surface area (Å²) >= 11 is 5.86. The largest absolute Gasteiger partial charge is 0.431 e. The molecule has 0 aliphatic rings. The monoisotopic (exact) mass is 307 g/mol. The van der Waals surface area contributed by atoms with Crippen molar-refractivity contribution in [2.24, 2.45) is 0 Å². The van der Waals surface area contributed by atoms with Crippen molar-refractivity contribution in [1.29, 1.82) is 0 Å². The molecule has 0 aliphatic heterocycles. The minimum absolute atomic E-state index is 0.0736. The maximum atomic E-state index is 11.0. The number of nitrogens with one attached hydrogen (secondary N) is 1. The van der Waals surface area contributed by atoms with Gasteiger partial charge in [0.2, 0.25) is 11.6 Å². The lowest BCUT2D eigenvalue weighted by atomic mass is 10.2. The molecule has 1 aromatic heterocycles. The van der Waals surface area contributed by atoms with Crippen LogP contribution in [0.3, 0.4) is 0 Å². The van der Waals surface area contributed by atoms with Crippen LogP contribution in [0.1, 0.15) is 11.1 Å². The van der Waals surface area contributed by atoms with Gasteiger partial charge in [0.05, 0.1) is 4.92 Å². The SMILES string of the molecule is CNCc1cnc(Oc2cc(Cl)ccc2[N+](=O)[O-])c(C)c1. The van der Waals surface area contributed by atoms with Crippen molar-refractivity contribution < 1.29 is 9.66 Å². The Balaban J connectivity index is 2.34. The predicted molar refractivity (Wildman–Crippen MR) is 79.9 cm³/mol. The van der Waals surface area contributed by atoms with Crippen molar-refractivity contribution in [3.05, 3.63) is 56.7 Å². The summed E-state index contributed by atoms with van der Waals surface area (Å²) in [5, 5.41) is 14.4. The molecule has 21 heavy (non-hydrogen) atoms. The Morgan fingerprint density at radius 3 is 2.81 bits per heavy atom. The molecular weight excluding hydrogens is 294 g/mol. The number of nitro benzene ring substituents is 1. The predicted octanol–water partition coefficient (Wildman–Crippen LogP) is 3.46. The summed E-state index contributed by atoms with van der Waals surface area (Å²) in [5.41, 5.74) is 1.64. The fourth-order valence-corrected chi connectivity index (χ4v) is 2.01. The highest BCUT2D eigenvalue weighted by Gasteiger charge is 2.17. The summed E-state index contributed by atoms with van der Waals surface area (Å²) in [4.78, 5) is 14.7. The van der Waals surface area contributed by atoms with Crippen LogP contribution in [0, 0.1) is 17.0 Å². The number of ether oxygens (including phenoxy) is 1. The number of rotatable bonds is 5. The van der Waals surface area contributed by atoms with Gasteiger partial charge in [-0.2, -0.15) is 0 Å². The Morgan fingerprint density at radius 1 is 1.43 bits per heavy atom. The van der Waals surface area contributed by atoms with E-state index >= 15 is 0 Å². The van der Waals surface area contributed by atoms with Crippen LogP contribution in [-0.4, -0.2) is 17.0 Å². The summed E-state index contributed by atoms with van der Waals surface area (Å²) in [7, 11) is 1.84. The number of nitro groups is 1. The lowest BCUT2D eigenvalue weighted by Crippen LogP contribution is -2.06. The number of halogens is 1. The van der Waals surface area contributed by atoms with Crippen LogP contribution >= 0.6 is 11.6 Å². The molecule has 0 radical (unpaired) electrons. The third kappa shape index (κ3) is 3.68. The van der Waals surface area contributed by atoms with Crippen LogP contribution in [-0.2, 0) is 6.54 Å². The van der Waals surface area contributed by atoms with E-state index in [1.165, 1.54) is 18.2 Å². The molecule has 0 spiro atoms. The van der Waals surface area contributed by atoms with Crippen molar-refractivity contribution >= 4 is 17.3 Å². The molecule has 110 valence electrons. The van der Waals surface area contributed by atoms with Crippen molar-refractivity contribution in [1.82, 2.24) is 10.3 Å². The van der Waals surface area contributed by atoms with Gasteiger partial charge in [0.15, 0.2) is 0 Å². The highest BCUT2D eigenvalue weighted by atomic mass is 35.5. The van der Waals surface area contributed by atoms with Crippen LogP contribution in [0.5, 0.6) is 11.6 Å². The molecule has 2 aromatic rings. The van der Waals surface area contributed by atoms with E-state index in [2.05, 4.69) is 10.3 Å². The number of pyridine rings is 1. The third-order valence-corrected chi connectivity index (χ3v) is 3.03. The smallest absolute Gasteiger partial charge is 0.311 e. The maximum Gasteiger partial charge on any atom is 0.311 e. The molecule has 6 nitrogen and oxygen atoms in total. The number of nitrogens with zero attached hydrogens (tertiary/aromatic N) is 2. The van der Waals surface area contributed by atoms with E-state index in [1.807, 2.05) is 20.0 Å². The van der Waals surface area contributed by atoms with Gasteiger partial charge in [0.1, 0.15) is 0 Å². The average Bonchev–Trinajstić information content (AvgIpc) is 2.42. The highest BCUT2D eigenvalue weighted by Crippen LogP contribution is 2.34. The molecule has 0 unspecified atom stereocenters. The number of hydrogen-bond donors (Lipinski definition) is 1. The second-order valence-electron chi connectivity index (χ2n) is 4.47. The zero-order valence-electron chi connectivity index (χ0n) is 11.6. The van der Waals surface area contributed by atoms with E-state index in [1.54, 1.807) is 6.20 Å². The Kier molecular flexibility index (Phi) is 4.72. The molecular formula is C14H14ClN3O3. The van der Waals surface area contributed by atoms with Crippen LogP contribution in [0.4, 0.5) is 5.69 Å². The number of aryl methyl sites for hydroxylation is 1. The fraction of sp³-hybridized carbons (Fsp3) is 0.214. The quantitative estimate of drug-likeness (QED) is 0.676. The van der Waals surface area contributed by atoms with Crippen LogP contribution in [0.2, 0.25) is 5.02 Å². The van der Waals surface area contributed by atoms with E-state index in [0.29, 0.717) is 17.4 Å². The van der Waals surface area contributed by atoms with Crippen LogP contribution in [0.15, 0.2) is 30.5 Å². The van der Waals surface area contributed by atoms with E-state index in [4.69, 9.17) is 16.3 Å². The molecule has 2 rings (SSSR count). The van der Waals surface area contributed by atoms with Gasteiger partial charge in [-0.25, -0.2) is 4.98 Å². The fourth-order valence-electron chi connectivity index (χ4n) is 1.85. The summed E-state index contributed by atoms with van der Waals surface area (Å²) in [6, 6.07) is 6.07. The first-order valence-corrected chi connectivity index (χ1v) is 6.61. The van der Waals surface area contributed by atoms with E-state index in [9.17, 15) is 10.1 Å². The van der Waals surface area contributed by atoms with E-state index in [-0.39, 0.29) is 11.4 Å². The molecule has 1 aromatic carbocycles. The summed E-state index contributed by atoms with van der Waals surface area (Å²) in [6.07, 6.45) is 1.66. The van der Waals surface area contributed by atoms with Gasteiger partial charge < -0.3 is 10.1 Å². The minimum atomic E-state index is -0.517. The molecule has 1 N–H and O–H groups in total. The standard InChI is InChI=1S/C14H14ClN3O3/c1-9-5-10(7-16-2)8-17-14(9)21-13-6-11(15)3-4-12(13)18(19)20/h3-6,8,16H,7H2,1-2H3. The topological polar surface area (TPSA) is 77.3 Å². The van der Waals surface area contributed by atoms with E-state index < -0.39 is 4.92 Å². The Hall–Kier alpha value is -2.18. The molecule has 7 heteroatoms. The lowest BCUT2D eigenvalue weighted by molar-refractivity contribution is -0.385. The lowest BCUT2D eigenvalue weighted by Gasteiger charge is -2.09. The molecule has 1 heterocycles. The first-order valence-electron chi connectivity index (χ1n) is 6.23. The van der Waals surface area contributed by atoms with Crippen LogP contribution < -0.4 is 10.1 Å². The van der Waals surface area contributed by atoms with Gasteiger partial charge >= 0.3 is 5.69 Å². The summed E-state index contributed by atoms with van der Waals surface area (Å²) in [5.74, 6) is 0.393. The van der Waals surface area contributed by atoms with Crippen LogP contribution in [0.25, 0.3) is 0 Å². The van der Waals surface area contributed by atoms with Crippen molar-refractivity contribution in [3.8, 4) is 11.6 Å². The van der Waals surface area contributed by atoms with Gasteiger partial charge in [-0.15, -0.1) is 0 Å². The average molecular weight is 308 g/mol. The number of aromatic nitrogens is 1. The van der Waals surface area contributed by atoms with Gasteiger partial charge in [-0.05, 0) is 31.7 Å². The Labute approximate surface area is 126 Å². The molecule has 0 saturated carbocycles. The molecule has 0 fully saturated rings. The first-order chi connectivity index (χ1) is 10.0. The normalized spacial score (nSPS) is 10.4. The molecule has 0 bridgehead atoms. The van der Waals surface area contributed by atoms with Crippen molar-refractivity contribution in [2.75, 3.05) is 7.05 Å². The van der Waals surface area contributed by atoms with Gasteiger partial charge in [-0.1, -0.05) is 11.6 Å². The Bertz CT molecular complexity index is 677. The highest BCUT2D eigenvalue weighted by molar-refractivity contribution is 6.30. The number of hydrogen-bond acceptors (Lipinski definition) is 5. The van der Waals surface area contributed by atoms with Gasteiger partial charge in [0.25, 0.3) is 0 Å². The van der Waals surface area contributed by atoms with Gasteiger partial charge in [0, 0.05) is 35.5 Å². The molecule has 0 aliphatic carbocycles. The summed E-state index contributed by atoms with van der Waals surface area (Å²) in [6.45, 7) is 2.52. The zero-order valence-corrected chi connectivity index (χ0v) is 12.3.